The van der Waals surface area contributed by atoms with E-state index in [-0.39, 0.29) is 6.61 Å². The lowest BCUT2D eigenvalue weighted by Gasteiger charge is -2.07. The molecule has 0 aliphatic rings. The molecule has 0 amide bonds. The van der Waals surface area contributed by atoms with Gasteiger partial charge in [-0.05, 0) is 25.2 Å². The summed E-state index contributed by atoms with van der Waals surface area (Å²) in [5.74, 6) is 0.624. The van der Waals surface area contributed by atoms with Crippen LogP contribution in [0.5, 0.6) is 0 Å². The van der Waals surface area contributed by atoms with Crippen LogP contribution in [0.15, 0.2) is 24.8 Å². The van der Waals surface area contributed by atoms with Gasteiger partial charge >= 0.3 is 0 Å². The molecule has 1 atom stereocenters. The van der Waals surface area contributed by atoms with E-state index in [0.717, 1.165) is 12.8 Å². The van der Waals surface area contributed by atoms with Crippen molar-refractivity contribution < 1.29 is 5.11 Å². The average Bonchev–Trinajstić information content (AvgIpc) is 2.06. The van der Waals surface area contributed by atoms with E-state index in [1.165, 1.54) is 12.8 Å². The second-order valence-corrected chi connectivity index (χ2v) is 3.01. The fraction of sp³-hybridized carbons (Fsp3) is 0.636. The number of aliphatic hydroxyl groups is 1. The first-order valence-corrected chi connectivity index (χ1v) is 4.73. The fourth-order valence-electron chi connectivity index (χ4n) is 1.24. The van der Waals surface area contributed by atoms with Gasteiger partial charge in [0.2, 0.25) is 0 Å². The van der Waals surface area contributed by atoms with Crippen molar-refractivity contribution in [2.75, 3.05) is 6.61 Å². The summed E-state index contributed by atoms with van der Waals surface area (Å²) in [6.45, 7) is 6.17. The van der Waals surface area contributed by atoms with Crippen molar-refractivity contribution in [2.24, 2.45) is 5.92 Å². The number of hydrogen-bond acceptors (Lipinski definition) is 1. The summed E-state index contributed by atoms with van der Waals surface area (Å²) in [6, 6.07) is 0. The first kappa shape index (κ1) is 11.4. The van der Waals surface area contributed by atoms with E-state index in [0.29, 0.717) is 5.92 Å². The van der Waals surface area contributed by atoms with Gasteiger partial charge in [0.25, 0.3) is 0 Å². The van der Waals surface area contributed by atoms with Crippen molar-refractivity contribution in [1.82, 2.24) is 0 Å². The van der Waals surface area contributed by atoms with Gasteiger partial charge < -0.3 is 5.11 Å². The maximum Gasteiger partial charge on any atom is 0.0465 e. The van der Waals surface area contributed by atoms with Gasteiger partial charge in [-0.3, -0.25) is 0 Å². The molecule has 0 aromatic rings. The maximum absolute atomic E-state index is 8.57. The fourth-order valence-corrected chi connectivity index (χ4v) is 1.24. The summed E-state index contributed by atoms with van der Waals surface area (Å²) in [4.78, 5) is 0. The molecular formula is C11H20O. The van der Waals surface area contributed by atoms with Gasteiger partial charge in [0.1, 0.15) is 0 Å². The van der Waals surface area contributed by atoms with Crippen LogP contribution in [0.3, 0.4) is 0 Å². The molecule has 1 unspecified atom stereocenters. The Labute approximate surface area is 75.8 Å². The highest BCUT2D eigenvalue weighted by Crippen LogP contribution is 2.13. The number of hydrogen-bond donors (Lipinski definition) is 1. The Hall–Kier alpha value is -0.560. The van der Waals surface area contributed by atoms with Crippen LogP contribution in [-0.4, -0.2) is 11.7 Å². The molecule has 0 radical (unpaired) electrons. The second kappa shape index (κ2) is 8.54. The number of allylic oxidation sites excluding steroid dienone is 2. The summed E-state index contributed by atoms with van der Waals surface area (Å²) < 4.78 is 0. The molecular weight excluding hydrogens is 148 g/mol. The molecule has 0 saturated carbocycles. The highest BCUT2D eigenvalue weighted by Gasteiger charge is 1.99. The van der Waals surface area contributed by atoms with Crippen LogP contribution in [0.25, 0.3) is 0 Å². The van der Waals surface area contributed by atoms with Crippen molar-refractivity contribution in [3.8, 4) is 0 Å². The Bertz CT molecular complexity index is 127. The lowest BCUT2D eigenvalue weighted by Crippen LogP contribution is -1.93. The topological polar surface area (TPSA) is 20.2 Å². The summed E-state index contributed by atoms with van der Waals surface area (Å²) in [5, 5.41) is 8.57. The monoisotopic (exact) mass is 168 g/mol. The Morgan fingerprint density at radius 1 is 1.50 bits per heavy atom. The van der Waals surface area contributed by atoms with Gasteiger partial charge in [0.15, 0.2) is 0 Å². The standard InChI is InChI=1S/C11H20O/c1-3-7-11(8-4-2)9-5-6-10-12/h3,5,9,11-12H,1,4,6-8,10H2,2H3. The molecule has 12 heavy (non-hydrogen) atoms. The van der Waals surface area contributed by atoms with Crippen LogP contribution in [-0.2, 0) is 0 Å². The molecule has 1 nitrogen and oxygen atoms in total. The molecule has 0 fully saturated rings. The van der Waals surface area contributed by atoms with Gasteiger partial charge in [-0.15, -0.1) is 6.58 Å². The predicted octanol–water partition coefficient (Wildman–Crippen LogP) is 2.92. The molecule has 1 heteroatoms. The minimum atomic E-state index is 0.253. The quantitative estimate of drug-likeness (QED) is 0.579. The van der Waals surface area contributed by atoms with Crippen molar-refractivity contribution in [3.05, 3.63) is 24.8 Å². The van der Waals surface area contributed by atoms with Crippen LogP contribution >= 0.6 is 0 Å². The molecule has 70 valence electrons. The van der Waals surface area contributed by atoms with Crippen molar-refractivity contribution >= 4 is 0 Å². The van der Waals surface area contributed by atoms with E-state index < -0.39 is 0 Å². The zero-order valence-corrected chi connectivity index (χ0v) is 8.00. The Morgan fingerprint density at radius 3 is 2.75 bits per heavy atom. The minimum absolute atomic E-state index is 0.253. The SMILES string of the molecule is C=CCC(C=CCCO)CCC. The zero-order valence-electron chi connectivity index (χ0n) is 8.00. The van der Waals surface area contributed by atoms with Gasteiger partial charge in [-0.25, -0.2) is 0 Å². The summed E-state index contributed by atoms with van der Waals surface area (Å²) in [5.41, 5.74) is 0. The van der Waals surface area contributed by atoms with Crippen LogP contribution < -0.4 is 0 Å². The van der Waals surface area contributed by atoms with Crippen LogP contribution in [0.4, 0.5) is 0 Å². The number of aliphatic hydroxyl groups excluding tert-OH is 1. The Balaban J connectivity index is 3.67. The van der Waals surface area contributed by atoms with Crippen LogP contribution in [0.2, 0.25) is 0 Å². The van der Waals surface area contributed by atoms with E-state index in [1.54, 1.807) is 0 Å². The molecule has 0 aromatic heterocycles. The molecule has 0 saturated heterocycles. The van der Waals surface area contributed by atoms with Gasteiger partial charge in [-0.1, -0.05) is 31.6 Å². The van der Waals surface area contributed by atoms with Gasteiger partial charge in [-0.2, -0.15) is 0 Å². The molecule has 0 aromatic carbocycles. The second-order valence-electron chi connectivity index (χ2n) is 3.01. The van der Waals surface area contributed by atoms with E-state index in [9.17, 15) is 0 Å². The normalized spacial score (nSPS) is 13.5. The molecule has 0 aliphatic heterocycles. The Morgan fingerprint density at radius 2 is 2.25 bits per heavy atom. The average molecular weight is 168 g/mol. The first-order chi connectivity index (χ1) is 5.85. The lowest BCUT2D eigenvalue weighted by molar-refractivity contribution is 0.302. The molecule has 0 heterocycles. The third-order valence-electron chi connectivity index (χ3n) is 1.83. The summed E-state index contributed by atoms with van der Waals surface area (Å²) in [7, 11) is 0. The van der Waals surface area contributed by atoms with E-state index in [2.05, 4.69) is 25.7 Å². The smallest absolute Gasteiger partial charge is 0.0465 e. The lowest BCUT2D eigenvalue weighted by atomic mass is 9.99. The molecule has 0 aliphatic carbocycles. The largest absolute Gasteiger partial charge is 0.396 e. The molecule has 0 rings (SSSR count). The minimum Gasteiger partial charge on any atom is -0.396 e. The van der Waals surface area contributed by atoms with E-state index in [1.807, 2.05) is 6.08 Å². The van der Waals surface area contributed by atoms with Crippen molar-refractivity contribution in [3.63, 3.8) is 0 Å². The molecule has 1 N–H and O–H groups in total. The van der Waals surface area contributed by atoms with Crippen LogP contribution in [0, 0.1) is 5.92 Å². The number of rotatable bonds is 7. The molecule has 0 bridgehead atoms. The highest BCUT2D eigenvalue weighted by molar-refractivity contribution is 4.91. The van der Waals surface area contributed by atoms with E-state index >= 15 is 0 Å². The van der Waals surface area contributed by atoms with Gasteiger partial charge in [0, 0.05) is 6.61 Å². The van der Waals surface area contributed by atoms with Crippen molar-refractivity contribution in [1.29, 1.82) is 0 Å². The molecule has 0 spiro atoms. The van der Waals surface area contributed by atoms with E-state index in [4.69, 9.17) is 5.11 Å². The van der Waals surface area contributed by atoms with Crippen LogP contribution in [0.1, 0.15) is 32.6 Å². The first-order valence-electron chi connectivity index (χ1n) is 4.73. The highest BCUT2D eigenvalue weighted by atomic mass is 16.2. The third kappa shape index (κ3) is 6.17. The third-order valence-corrected chi connectivity index (χ3v) is 1.83. The predicted molar refractivity (Wildman–Crippen MR) is 54.1 cm³/mol. The summed E-state index contributed by atoms with van der Waals surface area (Å²) in [6.07, 6.45) is 10.5. The summed E-state index contributed by atoms with van der Waals surface area (Å²) >= 11 is 0. The van der Waals surface area contributed by atoms with Gasteiger partial charge in [0.05, 0.1) is 0 Å². The Kier molecular flexibility index (Phi) is 8.14. The van der Waals surface area contributed by atoms with Crippen molar-refractivity contribution in [2.45, 2.75) is 32.6 Å². The zero-order chi connectivity index (χ0) is 9.23. The maximum atomic E-state index is 8.57.